The zero-order valence-corrected chi connectivity index (χ0v) is 15.3. The normalized spacial score (nSPS) is 11.0. The van der Waals surface area contributed by atoms with Crippen LogP contribution >= 0.6 is 11.8 Å². The predicted molar refractivity (Wildman–Crippen MR) is 100 cm³/mol. The molecule has 0 atom stereocenters. The summed E-state index contributed by atoms with van der Waals surface area (Å²) < 4.78 is 7.53. The van der Waals surface area contributed by atoms with Crippen LogP contribution in [0.15, 0.2) is 64.2 Å². The zero-order chi connectivity index (χ0) is 17.9. The van der Waals surface area contributed by atoms with Gasteiger partial charge in [0.1, 0.15) is 0 Å². The van der Waals surface area contributed by atoms with E-state index in [2.05, 4.69) is 50.1 Å². The van der Waals surface area contributed by atoms with E-state index in [4.69, 9.17) is 4.42 Å². The Labute approximate surface area is 155 Å². The Balaban J connectivity index is 1.75. The van der Waals surface area contributed by atoms with Crippen LogP contribution in [-0.4, -0.2) is 25.0 Å². The van der Waals surface area contributed by atoms with Crippen molar-refractivity contribution in [3.8, 4) is 17.1 Å². The molecule has 7 heteroatoms. The average molecular weight is 363 g/mol. The third-order valence-electron chi connectivity index (χ3n) is 3.82. The molecule has 0 spiro atoms. The molecule has 0 N–H and O–H groups in total. The van der Waals surface area contributed by atoms with Crippen LogP contribution in [0, 0.1) is 13.8 Å². The second-order valence-corrected chi connectivity index (χ2v) is 6.79. The summed E-state index contributed by atoms with van der Waals surface area (Å²) in [6.07, 6.45) is 0. The minimum absolute atomic E-state index is 0.541. The Kier molecular flexibility index (Phi) is 4.53. The van der Waals surface area contributed by atoms with E-state index in [1.54, 1.807) is 6.92 Å². The van der Waals surface area contributed by atoms with Crippen molar-refractivity contribution in [3.63, 3.8) is 0 Å². The second kappa shape index (κ2) is 7.13. The van der Waals surface area contributed by atoms with Gasteiger partial charge in [-0.05, 0) is 24.6 Å². The number of hydrogen-bond acceptors (Lipinski definition) is 6. The summed E-state index contributed by atoms with van der Waals surface area (Å²) >= 11 is 1.52. The van der Waals surface area contributed by atoms with Gasteiger partial charge in [-0.3, -0.25) is 4.57 Å². The summed E-state index contributed by atoms with van der Waals surface area (Å²) in [5, 5.41) is 17.5. The summed E-state index contributed by atoms with van der Waals surface area (Å²) in [7, 11) is 0. The van der Waals surface area contributed by atoms with Gasteiger partial charge >= 0.3 is 0 Å². The van der Waals surface area contributed by atoms with Gasteiger partial charge in [0.2, 0.25) is 11.8 Å². The molecular weight excluding hydrogens is 346 g/mol. The van der Waals surface area contributed by atoms with E-state index >= 15 is 0 Å². The first-order valence-electron chi connectivity index (χ1n) is 8.20. The summed E-state index contributed by atoms with van der Waals surface area (Å²) in [6, 6.07) is 18.3. The lowest BCUT2D eigenvalue weighted by Crippen LogP contribution is -2.00. The largest absolute Gasteiger partial charge is 0.425 e. The monoisotopic (exact) mass is 363 g/mol. The number of aryl methyl sites for hydroxylation is 2. The molecule has 4 aromatic rings. The van der Waals surface area contributed by atoms with Crippen LogP contribution in [-0.2, 0) is 5.75 Å². The van der Waals surface area contributed by atoms with Crippen LogP contribution < -0.4 is 0 Å². The lowest BCUT2D eigenvalue weighted by Gasteiger charge is -2.10. The van der Waals surface area contributed by atoms with E-state index in [-0.39, 0.29) is 0 Å². The van der Waals surface area contributed by atoms with Crippen molar-refractivity contribution in [3.05, 3.63) is 71.9 Å². The number of thioether (sulfide) groups is 1. The minimum Gasteiger partial charge on any atom is -0.425 e. The van der Waals surface area contributed by atoms with Gasteiger partial charge in [0.25, 0.3) is 0 Å². The fourth-order valence-corrected chi connectivity index (χ4v) is 3.45. The smallest absolute Gasteiger partial charge is 0.226 e. The molecule has 0 aliphatic carbocycles. The van der Waals surface area contributed by atoms with Crippen molar-refractivity contribution >= 4 is 11.8 Å². The molecule has 0 bridgehead atoms. The van der Waals surface area contributed by atoms with Gasteiger partial charge in [0, 0.05) is 18.2 Å². The molecule has 4 rings (SSSR count). The Morgan fingerprint density at radius 1 is 0.923 bits per heavy atom. The van der Waals surface area contributed by atoms with Crippen LogP contribution in [0.5, 0.6) is 0 Å². The summed E-state index contributed by atoms with van der Waals surface area (Å²) in [4.78, 5) is 0. The van der Waals surface area contributed by atoms with Crippen molar-refractivity contribution in [1.82, 2.24) is 25.0 Å². The Hall–Kier alpha value is -2.93. The molecule has 0 unspecified atom stereocenters. The van der Waals surface area contributed by atoms with Gasteiger partial charge in [-0.2, -0.15) is 0 Å². The van der Waals surface area contributed by atoms with Crippen LogP contribution in [0.3, 0.4) is 0 Å². The third-order valence-corrected chi connectivity index (χ3v) is 4.73. The maximum atomic E-state index is 5.46. The highest BCUT2D eigenvalue weighted by Gasteiger charge is 2.17. The second-order valence-electron chi connectivity index (χ2n) is 5.85. The average Bonchev–Trinajstić information content (AvgIpc) is 3.26. The standard InChI is InChI=1S/C19H17N5OS/c1-13-7-6-10-16(11-13)24-18(15-8-4-3-5-9-15)22-23-19(24)26-12-17-21-20-14(2)25-17/h3-11H,12H2,1-2H3. The van der Waals surface area contributed by atoms with Gasteiger partial charge in [0.15, 0.2) is 11.0 Å². The molecule has 0 aliphatic heterocycles. The maximum absolute atomic E-state index is 5.46. The Morgan fingerprint density at radius 3 is 2.50 bits per heavy atom. The first-order chi connectivity index (χ1) is 12.7. The SMILES string of the molecule is Cc1cccc(-n2c(SCc3nnc(C)o3)nnc2-c2ccccc2)c1. The molecule has 2 aromatic heterocycles. The zero-order valence-electron chi connectivity index (χ0n) is 14.5. The lowest BCUT2D eigenvalue weighted by atomic mass is 10.2. The van der Waals surface area contributed by atoms with E-state index in [9.17, 15) is 0 Å². The highest BCUT2D eigenvalue weighted by Crippen LogP contribution is 2.29. The molecule has 0 saturated heterocycles. The third kappa shape index (κ3) is 3.39. The van der Waals surface area contributed by atoms with Gasteiger partial charge in [-0.1, -0.05) is 54.2 Å². The quantitative estimate of drug-likeness (QED) is 0.494. The van der Waals surface area contributed by atoms with Crippen molar-refractivity contribution < 1.29 is 4.42 Å². The molecule has 0 fully saturated rings. The van der Waals surface area contributed by atoms with Crippen LogP contribution in [0.1, 0.15) is 17.3 Å². The first-order valence-corrected chi connectivity index (χ1v) is 9.19. The molecule has 0 aliphatic rings. The van der Waals surface area contributed by atoms with Gasteiger partial charge < -0.3 is 4.42 Å². The molecule has 26 heavy (non-hydrogen) atoms. The Morgan fingerprint density at radius 2 is 1.77 bits per heavy atom. The fraction of sp³-hybridized carbons (Fsp3) is 0.158. The summed E-state index contributed by atoms with van der Waals surface area (Å²) in [5.74, 6) is 2.48. The van der Waals surface area contributed by atoms with Crippen molar-refractivity contribution in [2.24, 2.45) is 0 Å². The molecule has 130 valence electrons. The van der Waals surface area contributed by atoms with E-state index < -0.39 is 0 Å². The first kappa shape index (κ1) is 16.5. The number of rotatable bonds is 5. The highest BCUT2D eigenvalue weighted by atomic mass is 32.2. The molecule has 0 radical (unpaired) electrons. The maximum Gasteiger partial charge on any atom is 0.226 e. The molecule has 2 aromatic carbocycles. The number of aromatic nitrogens is 5. The molecule has 0 amide bonds. The summed E-state index contributed by atoms with van der Waals surface area (Å²) in [5.41, 5.74) is 3.22. The highest BCUT2D eigenvalue weighted by molar-refractivity contribution is 7.98. The lowest BCUT2D eigenvalue weighted by molar-refractivity contribution is 0.485. The number of nitrogens with zero attached hydrogens (tertiary/aromatic N) is 5. The van der Waals surface area contributed by atoms with Crippen LogP contribution in [0.2, 0.25) is 0 Å². The molecule has 2 heterocycles. The van der Waals surface area contributed by atoms with Crippen molar-refractivity contribution in [2.75, 3.05) is 0 Å². The molecular formula is C19H17N5OS. The van der Waals surface area contributed by atoms with Crippen molar-refractivity contribution in [1.29, 1.82) is 0 Å². The number of benzene rings is 2. The van der Waals surface area contributed by atoms with E-state index in [0.29, 0.717) is 17.5 Å². The van der Waals surface area contributed by atoms with Gasteiger partial charge in [-0.25, -0.2) is 0 Å². The fourth-order valence-electron chi connectivity index (χ4n) is 2.66. The molecule has 0 saturated carbocycles. The van der Waals surface area contributed by atoms with E-state index in [1.807, 2.05) is 36.4 Å². The number of hydrogen-bond donors (Lipinski definition) is 0. The van der Waals surface area contributed by atoms with Crippen LogP contribution in [0.25, 0.3) is 17.1 Å². The van der Waals surface area contributed by atoms with E-state index in [0.717, 1.165) is 22.2 Å². The van der Waals surface area contributed by atoms with Gasteiger partial charge in [0.05, 0.1) is 5.75 Å². The van der Waals surface area contributed by atoms with E-state index in [1.165, 1.54) is 17.3 Å². The van der Waals surface area contributed by atoms with Crippen molar-refractivity contribution in [2.45, 2.75) is 24.8 Å². The predicted octanol–water partition coefficient (Wildman–Crippen LogP) is 4.23. The Bertz CT molecular complexity index is 1030. The topological polar surface area (TPSA) is 69.6 Å². The molecule has 6 nitrogen and oxygen atoms in total. The summed E-state index contributed by atoms with van der Waals surface area (Å²) in [6.45, 7) is 3.86. The minimum atomic E-state index is 0.541. The van der Waals surface area contributed by atoms with Crippen LogP contribution in [0.4, 0.5) is 0 Å². The van der Waals surface area contributed by atoms with Gasteiger partial charge in [-0.15, -0.1) is 20.4 Å².